The molecule has 1 aromatic rings. The van der Waals surface area contributed by atoms with Gasteiger partial charge in [0.2, 0.25) is 5.91 Å². The lowest BCUT2D eigenvalue weighted by molar-refractivity contribution is -0.132. The molecule has 17 heavy (non-hydrogen) atoms. The molecule has 0 spiro atoms. The number of nitrogens with zero attached hydrogens (tertiary/aromatic N) is 1. The molecule has 0 bridgehead atoms. The summed E-state index contributed by atoms with van der Waals surface area (Å²) in [6, 6.07) is 2.01. The van der Waals surface area contributed by atoms with Gasteiger partial charge in [-0.1, -0.05) is 0 Å². The van der Waals surface area contributed by atoms with Crippen LogP contribution < -0.4 is 0 Å². The Hall–Kier alpha value is -1.29. The molecule has 1 aliphatic rings. The van der Waals surface area contributed by atoms with E-state index in [-0.39, 0.29) is 12.5 Å². The summed E-state index contributed by atoms with van der Waals surface area (Å²) in [6.07, 6.45) is 4.23. The van der Waals surface area contributed by atoms with Crippen LogP contribution in [0.3, 0.4) is 0 Å². The van der Waals surface area contributed by atoms with Crippen molar-refractivity contribution in [1.29, 1.82) is 0 Å². The quantitative estimate of drug-likeness (QED) is 0.825. The lowest BCUT2D eigenvalue weighted by Crippen LogP contribution is -2.39. The van der Waals surface area contributed by atoms with Crippen LogP contribution in [0.5, 0.6) is 0 Å². The highest BCUT2D eigenvalue weighted by Gasteiger charge is 2.22. The fraction of sp³-hybridized carbons (Fsp3) is 0.615. The van der Waals surface area contributed by atoms with E-state index in [1.54, 1.807) is 0 Å². The predicted molar refractivity (Wildman–Crippen MR) is 65.6 cm³/mol. The summed E-state index contributed by atoms with van der Waals surface area (Å²) in [5.74, 6) is 0.578. The van der Waals surface area contributed by atoms with Crippen LogP contribution >= 0.6 is 0 Å². The van der Waals surface area contributed by atoms with Crippen LogP contribution in [0.1, 0.15) is 24.1 Å². The maximum Gasteiger partial charge on any atom is 0.227 e. The van der Waals surface area contributed by atoms with E-state index in [1.165, 1.54) is 0 Å². The van der Waals surface area contributed by atoms with Crippen LogP contribution in [0.4, 0.5) is 0 Å². The van der Waals surface area contributed by atoms with Crippen molar-refractivity contribution in [2.24, 2.45) is 5.92 Å². The minimum absolute atomic E-state index is 0.195. The topological polar surface area (TPSA) is 56.3 Å². The molecule has 0 radical (unpaired) electrons. The monoisotopic (exact) mass is 236 g/mol. The van der Waals surface area contributed by atoms with Gasteiger partial charge < -0.3 is 15.0 Å². The number of piperidine rings is 1. The lowest BCUT2D eigenvalue weighted by atomic mass is 9.97. The summed E-state index contributed by atoms with van der Waals surface area (Å²) < 4.78 is 0. The Morgan fingerprint density at radius 1 is 1.53 bits per heavy atom. The van der Waals surface area contributed by atoms with Crippen LogP contribution in [0.15, 0.2) is 12.3 Å². The van der Waals surface area contributed by atoms with E-state index in [2.05, 4.69) is 4.98 Å². The Kier molecular flexibility index (Phi) is 3.84. The van der Waals surface area contributed by atoms with Gasteiger partial charge in [-0.05, 0) is 37.3 Å². The smallest absolute Gasteiger partial charge is 0.227 e. The SMILES string of the molecule is Cc1cc(CC(=O)N2CCC(CO)CC2)c[nH]1. The molecule has 94 valence electrons. The largest absolute Gasteiger partial charge is 0.396 e. The highest BCUT2D eigenvalue weighted by molar-refractivity contribution is 5.78. The normalized spacial score (nSPS) is 17.4. The number of aromatic nitrogens is 1. The minimum atomic E-state index is 0.195. The Morgan fingerprint density at radius 3 is 2.76 bits per heavy atom. The molecule has 0 saturated carbocycles. The van der Waals surface area contributed by atoms with E-state index in [0.717, 1.165) is 37.2 Å². The van der Waals surface area contributed by atoms with E-state index < -0.39 is 0 Å². The van der Waals surface area contributed by atoms with Crippen molar-refractivity contribution in [2.45, 2.75) is 26.2 Å². The number of rotatable bonds is 3. The van der Waals surface area contributed by atoms with Gasteiger partial charge in [0, 0.05) is 31.6 Å². The van der Waals surface area contributed by atoms with Crippen molar-refractivity contribution in [3.05, 3.63) is 23.5 Å². The summed E-state index contributed by atoms with van der Waals surface area (Å²) in [7, 11) is 0. The number of amides is 1. The van der Waals surface area contributed by atoms with Crippen molar-refractivity contribution < 1.29 is 9.90 Å². The molecule has 0 atom stereocenters. The maximum atomic E-state index is 12.0. The Labute approximate surface area is 102 Å². The molecule has 2 rings (SSSR count). The molecule has 1 aromatic heterocycles. The Balaban J connectivity index is 1.85. The Bertz CT molecular complexity index is 379. The number of nitrogens with one attached hydrogen (secondary N) is 1. The molecule has 0 aromatic carbocycles. The third-order valence-electron chi connectivity index (χ3n) is 3.47. The van der Waals surface area contributed by atoms with Gasteiger partial charge in [-0.25, -0.2) is 0 Å². The van der Waals surface area contributed by atoms with Crippen LogP contribution in [0.25, 0.3) is 0 Å². The number of aromatic amines is 1. The summed E-state index contributed by atoms with van der Waals surface area (Å²) in [4.78, 5) is 17.0. The fourth-order valence-electron chi connectivity index (χ4n) is 2.32. The molecule has 4 heteroatoms. The van der Waals surface area contributed by atoms with Crippen LogP contribution in [0, 0.1) is 12.8 Å². The van der Waals surface area contributed by atoms with Gasteiger partial charge in [0.05, 0.1) is 6.42 Å². The van der Waals surface area contributed by atoms with E-state index in [1.807, 2.05) is 24.1 Å². The molecule has 1 saturated heterocycles. The first-order valence-electron chi connectivity index (χ1n) is 6.21. The summed E-state index contributed by atoms with van der Waals surface area (Å²) >= 11 is 0. The molecular formula is C13H20N2O2. The van der Waals surface area contributed by atoms with Gasteiger partial charge in [-0.3, -0.25) is 4.79 Å². The van der Waals surface area contributed by atoms with Gasteiger partial charge in [0.15, 0.2) is 0 Å². The standard InChI is InChI=1S/C13H20N2O2/c1-10-6-12(8-14-10)7-13(17)15-4-2-11(9-16)3-5-15/h6,8,11,14,16H,2-5,7,9H2,1H3. The molecule has 1 fully saturated rings. The molecule has 0 unspecified atom stereocenters. The average Bonchev–Trinajstić information content (AvgIpc) is 2.75. The van der Waals surface area contributed by atoms with Gasteiger partial charge in [-0.2, -0.15) is 0 Å². The summed E-state index contributed by atoms with van der Waals surface area (Å²) in [5, 5.41) is 9.05. The van der Waals surface area contributed by atoms with Crippen molar-refractivity contribution >= 4 is 5.91 Å². The number of likely N-dealkylation sites (tertiary alicyclic amines) is 1. The molecule has 2 N–H and O–H groups in total. The summed E-state index contributed by atoms with van der Waals surface area (Å²) in [5.41, 5.74) is 2.14. The second-order valence-electron chi connectivity index (χ2n) is 4.87. The molecule has 2 heterocycles. The number of aryl methyl sites for hydroxylation is 1. The zero-order valence-corrected chi connectivity index (χ0v) is 10.3. The van der Waals surface area contributed by atoms with Crippen molar-refractivity contribution in [2.75, 3.05) is 19.7 Å². The molecule has 0 aliphatic carbocycles. The highest BCUT2D eigenvalue weighted by Crippen LogP contribution is 2.17. The number of hydrogen-bond acceptors (Lipinski definition) is 2. The Morgan fingerprint density at radius 2 is 2.24 bits per heavy atom. The highest BCUT2D eigenvalue weighted by atomic mass is 16.3. The van der Waals surface area contributed by atoms with Crippen molar-refractivity contribution in [3.63, 3.8) is 0 Å². The van der Waals surface area contributed by atoms with E-state index >= 15 is 0 Å². The third-order valence-corrected chi connectivity index (χ3v) is 3.47. The van der Waals surface area contributed by atoms with Gasteiger partial charge in [-0.15, -0.1) is 0 Å². The number of carbonyl (C=O) groups excluding carboxylic acids is 1. The van der Waals surface area contributed by atoms with Gasteiger partial charge in [0.1, 0.15) is 0 Å². The first kappa shape index (κ1) is 12.2. The maximum absolute atomic E-state index is 12.0. The van der Waals surface area contributed by atoms with E-state index in [0.29, 0.717) is 12.3 Å². The van der Waals surface area contributed by atoms with Gasteiger partial charge >= 0.3 is 0 Å². The fourth-order valence-corrected chi connectivity index (χ4v) is 2.32. The first-order chi connectivity index (χ1) is 8.19. The second-order valence-corrected chi connectivity index (χ2v) is 4.87. The molecular weight excluding hydrogens is 216 g/mol. The zero-order valence-electron chi connectivity index (χ0n) is 10.3. The van der Waals surface area contributed by atoms with Gasteiger partial charge in [0.25, 0.3) is 0 Å². The predicted octanol–water partition coefficient (Wildman–Crippen LogP) is 1.10. The zero-order chi connectivity index (χ0) is 12.3. The number of H-pyrrole nitrogens is 1. The molecule has 1 aliphatic heterocycles. The first-order valence-corrected chi connectivity index (χ1v) is 6.21. The average molecular weight is 236 g/mol. The number of hydrogen-bond donors (Lipinski definition) is 2. The third kappa shape index (κ3) is 3.09. The minimum Gasteiger partial charge on any atom is -0.396 e. The van der Waals surface area contributed by atoms with Crippen molar-refractivity contribution in [3.8, 4) is 0 Å². The molecule has 1 amide bonds. The summed E-state index contributed by atoms with van der Waals surface area (Å²) in [6.45, 7) is 3.81. The number of aliphatic hydroxyl groups is 1. The van der Waals surface area contributed by atoms with Crippen molar-refractivity contribution in [1.82, 2.24) is 9.88 Å². The van der Waals surface area contributed by atoms with E-state index in [4.69, 9.17) is 5.11 Å². The lowest BCUT2D eigenvalue weighted by Gasteiger charge is -2.31. The second kappa shape index (κ2) is 5.36. The van der Waals surface area contributed by atoms with Crippen LogP contribution in [0.2, 0.25) is 0 Å². The molecule has 4 nitrogen and oxygen atoms in total. The number of aliphatic hydroxyl groups excluding tert-OH is 1. The number of carbonyl (C=O) groups is 1. The van der Waals surface area contributed by atoms with E-state index in [9.17, 15) is 4.79 Å². The van der Waals surface area contributed by atoms with Crippen LogP contribution in [-0.4, -0.2) is 40.6 Å². The van der Waals surface area contributed by atoms with Crippen LogP contribution in [-0.2, 0) is 11.2 Å².